The van der Waals surface area contributed by atoms with Gasteiger partial charge in [0, 0.05) is 18.0 Å². The van der Waals surface area contributed by atoms with Crippen LogP contribution in [0.1, 0.15) is 30.9 Å². The van der Waals surface area contributed by atoms with Gasteiger partial charge in [-0.1, -0.05) is 13.0 Å². The maximum atomic E-state index is 12.6. The van der Waals surface area contributed by atoms with Gasteiger partial charge in [0.25, 0.3) is 0 Å². The summed E-state index contributed by atoms with van der Waals surface area (Å²) >= 11 is 0. The first kappa shape index (κ1) is 15.0. The average Bonchev–Trinajstić information content (AvgIpc) is 2.90. The number of Topliss-reactive ketones (excluding diaryl/α,β-unsaturated/α-hetero) is 1. The second kappa shape index (κ2) is 4.95. The molecule has 4 rings (SSSR count). The van der Waals surface area contributed by atoms with Crippen LogP contribution in [0.5, 0.6) is 11.5 Å². The number of hydrogen-bond donors (Lipinski definition) is 1. The Morgan fingerprint density at radius 3 is 3.00 bits per heavy atom. The second-order valence-electron chi connectivity index (χ2n) is 6.94. The first-order valence-corrected chi connectivity index (χ1v) is 8.32. The Morgan fingerprint density at radius 1 is 1.52 bits per heavy atom. The van der Waals surface area contributed by atoms with Crippen LogP contribution in [-0.4, -0.2) is 54.7 Å². The summed E-state index contributed by atoms with van der Waals surface area (Å²) in [5.41, 5.74) is 1.57. The number of hydrogen-bond acceptors (Lipinski definition) is 5. The van der Waals surface area contributed by atoms with Gasteiger partial charge in [0.05, 0.1) is 18.6 Å². The molecule has 23 heavy (non-hydrogen) atoms. The fourth-order valence-electron chi connectivity index (χ4n) is 4.77. The van der Waals surface area contributed by atoms with Gasteiger partial charge in [-0.15, -0.1) is 0 Å². The lowest BCUT2D eigenvalue weighted by molar-refractivity contribution is -0.136. The van der Waals surface area contributed by atoms with Gasteiger partial charge in [-0.05, 0) is 38.1 Å². The summed E-state index contributed by atoms with van der Waals surface area (Å²) in [7, 11) is 3.66. The zero-order valence-electron chi connectivity index (χ0n) is 13.8. The lowest BCUT2D eigenvalue weighted by Gasteiger charge is -2.52. The first-order valence-electron chi connectivity index (χ1n) is 8.32. The molecule has 1 spiro atoms. The number of nitrogens with zero attached hydrogens (tertiary/aromatic N) is 1. The van der Waals surface area contributed by atoms with Gasteiger partial charge < -0.3 is 19.5 Å². The Bertz CT molecular complexity index is 673. The van der Waals surface area contributed by atoms with Crippen molar-refractivity contribution in [1.82, 2.24) is 4.90 Å². The maximum absolute atomic E-state index is 12.6. The van der Waals surface area contributed by atoms with Gasteiger partial charge in [-0.25, -0.2) is 0 Å². The zero-order valence-corrected chi connectivity index (χ0v) is 13.8. The number of fused-ring (bicyclic) bond motifs is 1. The van der Waals surface area contributed by atoms with E-state index in [4.69, 9.17) is 9.47 Å². The van der Waals surface area contributed by atoms with Crippen molar-refractivity contribution in [2.75, 3.05) is 20.7 Å². The smallest absolute Gasteiger partial charge is 0.174 e. The van der Waals surface area contributed by atoms with Gasteiger partial charge in [-0.3, -0.25) is 4.79 Å². The number of carbonyl (C=O) groups excluding carboxylic acids is 1. The van der Waals surface area contributed by atoms with E-state index in [0.717, 1.165) is 24.9 Å². The van der Waals surface area contributed by atoms with E-state index in [9.17, 15) is 9.90 Å². The standard InChI is InChI=1S/C18H23NO4/c1-4-12(20)17-18-7-8-19(2)11(16(18)21)9-10-5-6-13(22-3)15(23-17)14(10)18/h5-6,11,16-17,21H,4,7-9H2,1-3H3/t11?,16?,17?,18-/m1/s1. The summed E-state index contributed by atoms with van der Waals surface area (Å²) in [5, 5.41) is 11.2. The molecule has 0 aromatic heterocycles. The number of ether oxygens (including phenoxy) is 2. The second-order valence-corrected chi connectivity index (χ2v) is 6.94. The van der Waals surface area contributed by atoms with Crippen molar-refractivity contribution in [2.24, 2.45) is 0 Å². The van der Waals surface area contributed by atoms with E-state index in [0.29, 0.717) is 17.9 Å². The quantitative estimate of drug-likeness (QED) is 0.910. The third-order valence-corrected chi connectivity index (χ3v) is 6.00. The Morgan fingerprint density at radius 2 is 2.30 bits per heavy atom. The third kappa shape index (κ3) is 1.72. The molecule has 3 aliphatic rings. The van der Waals surface area contributed by atoms with Gasteiger partial charge in [0.2, 0.25) is 0 Å². The molecule has 1 fully saturated rings. The topological polar surface area (TPSA) is 59.0 Å². The molecule has 1 aliphatic carbocycles. The van der Waals surface area contributed by atoms with Crippen LogP contribution in [0.3, 0.4) is 0 Å². The summed E-state index contributed by atoms with van der Waals surface area (Å²) < 4.78 is 11.6. The molecule has 5 nitrogen and oxygen atoms in total. The number of piperidine rings is 1. The predicted molar refractivity (Wildman–Crippen MR) is 85.1 cm³/mol. The van der Waals surface area contributed by atoms with E-state index < -0.39 is 17.6 Å². The van der Waals surface area contributed by atoms with Crippen molar-refractivity contribution in [2.45, 2.75) is 49.9 Å². The number of aliphatic hydroxyl groups is 1. The molecule has 4 atom stereocenters. The van der Waals surface area contributed by atoms with E-state index in [2.05, 4.69) is 11.0 Å². The highest BCUT2D eigenvalue weighted by atomic mass is 16.5. The van der Waals surface area contributed by atoms with Gasteiger partial charge in [-0.2, -0.15) is 0 Å². The molecule has 1 N–H and O–H groups in total. The minimum atomic E-state index is -0.623. The highest BCUT2D eigenvalue weighted by Crippen LogP contribution is 2.58. The number of benzene rings is 1. The van der Waals surface area contributed by atoms with Crippen molar-refractivity contribution < 1.29 is 19.4 Å². The summed E-state index contributed by atoms with van der Waals surface area (Å²) in [5.74, 6) is 1.37. The molecule has 0 saturated carbocycles. The summed E-state index contributed by atoms with van der Waals surface area (Å²) in [4.78, 5) is 14.8. The molecule has 2 heterocycles. The highest BCUT2D eigenvalue weighted by Gasteiger charge is 2.63. The highest BCUT2D eigenvalue weighted by molar-refractivity contribution is 5.87. The monoisotopic (exact) mass is 317 g/mol. The van der Waals surface area contributed by atoms with E-state index in [-0.39, 0.29) is 11.8 Å². The van der Waals surface area contributed by atoms with Crippen LogP contribution < -0.4 is 9.47 Å². The third-order valence-electron chi connectivity index (χ3n) is 6.00. The number of likely N-dealkylation sites (N-methyl/N-ethyl adjacent to an activating group) is 1. The fourth-order valence-corrected chi connectivity index (χ4v) is 4.77. The molecular weight excluding hydrogens is 294 g/mol. The Kier molecular flexibility index (Phi) is 3.22. The van der Waals surface area contributed by atoms with Gasteiger partial charge in [0.15, 0.2) is 23.4 Å². The van der Waals surface area contributed by atoms with Crippen molar-refractivity contribution in [1.29, 1.82) is 0 Å². The zero-order chi connectivity index (χ0) is 16.4. The summed E-state index contributed by atoms with van der Waals surface area (Å²) in [6, 6.07) is 4.01. The molecular formula is C18H23NO4. The molecule has 1 saturated heterocycles. The number of ketones is 1. The van der Waals surface area contributed by atoms with Crippen LogP contribution >= 0.6 is 0 Å². The van der Waals surface area contributed by atoms with E-state index in [1.54, 1.807) is 7.11 Å². The Labute approximate surface area is 136 Å². The Hall–Kier alpha value is -1.59. The van der Waals surface area contributed by atoms with Crippen LogP contribution in [0.4, 0.5) is 0 Å². The lowest BCUT2D eigenvalue weighted by atomic mass is 9.59. The molecule has 1 aromatic carbocycles. The molecule has 124 valence electrons. The number of methoxy groups -OCH3 is 1. The van der Waals surface area contributed by atoms with Gasteiger partial charge >= 0.3 is 0 Å². The number of rotatable bonds is 3. The minimum absolute atomic E-state index is 0.0337. The van der Waals surface area contributed by atoms with Crippen LogP contribution in [0.2, 0.25) is 0 Å². The molecule has 2 aliphatic heterocycles. The fraction of sp³-hybridized carbons (Fsp3) is 0.611. The summed E-state index contributed by atoms with van der Waals surface area (Å²) in [6.45, 7) is 2.71. The van der Waals surface area contributed by atoms with Crippen molar-refractivity contribution in [3.05, 3.63) is 23.3 Å². The number of likely N-dealkylation sites (tertiary alicyclic amines) is 1. The normalized spacial score (nSPS) is 34.7. The van der Waals surface area contributed by atoms with Crippen LogP contribution in [0, 0.1) is 0 Å². The number of carbonyl (C=O) groups is 1. The van der Waals surface area contributed by atoms with Crippen molar-refractivity contribution >= 4 is 5.78 Å². The van der Waals surface area contributed by atoms with Crippen LogP contribution in [0.25, 0.3) is 0 Å². The van der Waals surface area contributed by atoms with Gasteiger partial charge in [0.1, 0.15) is 0 Å². The van der Waals surface area contributed by atoms with E-state index in [1.165, 1.54) is 5.56 Å². The first-order chi connectivity index (χ1) is 11.0. The molecule has 0 amide bonds. The largest absolute Gasteiger partial charge is 0.493 e. The predicted octanol–water partition coefficient (Wildman–Crippen LogP) is 1.29. The molecule has 5 heteroatoms. The Balaban J connectivity index is 1.97. The van der Waals surface area contributed by atoms with Crippen LogP contribution in [0.15, 0.2) is 12.1 Å². The number of aliphatic hydroxyl groups excluding tert-OH is 1. The van der Waals surface area contributed by atoms with Crippen molar-refractivity contribution in [3.8, 4) is 11.5 Å². The van der Waals surface area contributed by atoms with E-state index >= 15 is 0 Å². The van der Waals surface area contributed by atoms with Crippen LogP contribution in [-0.2, 0) is 16.6 Å². The minimum Gasteiger partial charge on any atom is -0.493 e. The maximum Gasteiger partial charge on any atom is 0.174 e. The summed E-state index contributed by atoms with van der Waals surface area (Å²) in [6.07, 6.45) is 0.713. The molecule has 0 radical (unpaired) electrons. The SMILES string of the molecule is CCC(=O)C1Oc2c(OC)ccc3c2[C@@]12CCN(C)C(C3)C2O. The lowest BCUT2D eigenvalue weighted by Crippen LogP contribution is -2.66. The van der Waals surface area contributed by atoms with Crippen molar-refractivity contribution in [3.63, 3.8) is 0 Å². The average molecular weight is 317 g/mol. The molecule has 3 unspecified atom stereocenters. The molecule has 1 aromatic rings. The molecule has 2 bridgehead atoms. The van der Waals surface area contributed by atoms with E-state index in [1.807, 2.05) is 20.0 Å².